The quantitative estimate of drug-likeness (QED) is 0.613. The summed E-state index contributed by atoms with van der Waals surface area (Å²) in [4.78, 5) is 15.2. The SMILES string of the molecule is CCCc1noc(-c2ccc(NC[C@@H]3CCCO3)c([N+](=O)[O-])c2)n1. The van der Waals surface area contributed by atoms with Crippen LogP contribution in [0.3, 0.4) is 0 Å². The molecule has 24 heavy (non-hydrogen) atoms. The number of aromatic nitrogens is 2. The second-order valence-corrected chi connectivity index (χ2v) is 5.77. The molecule has 0 spiro atoms. The molecule has 1 aromatic carbocycles. The van der Waals surface area contributed by atoms with E-state index in [0.717, 1.165) is 25.9 Å². The molecule has 1 aliphatic rings. The van der Waals surface area contributed by atoms with Crippen LogP contribution in [-0.2, 0) is 11.2 Å². The number of hydrogen-bond acceptors (Lipinski definition) is 7. The van der Waals surface area contributed by atoms with Gasteiger partial charge >= 0.3 is 0 Å². The molecule has 2 heterocycles. The van der Waals surface area contributed by atoms with Crippen molar-refractivity contribution in [3.63, 3.8) is 0 Å². The van der Waals surface area contributed by atoms with E-state index in [2.05, 4.69) is 15.5 Å². The van der Waals surface area contributed by atoms with Crippen molar-refractivity contribution in [3.8, 4) is 11.5 Å². The number of nitro benzene ring substituents is 1. The zero-order chi connectivity index (χ0) is 16.9. The molecule has 1 fully saturated rings. The van der Waals surface area contributed by atoms with E-state index >= 15 is 0 Å². The van der Waals surface area contributed by atoms with Gasteiger partial charge in [-0.25, -0.2) is 0 Å². The minimum absolute atomic E-state index is 0.0132. The van der Waals surface area contributed by atoms with E-state index < -0.39 is 4.92 Å². The zero-order valence-corrected chi connectivity index (χ0v) is 13.5. The van der Waals surface area contributed by atoms with E-state index in [4.69, 9.17) is 9.26 Å². The topological polar surface area (TPSA) is 103 Å². The summed E-state index contributed by atoms with van der Waals surface area (Å²) in [6, 6.07) is 4.88. The van der Waals surface area contributed by atoms with E-state index in [9.17, 15) is 10.1 Å². The van der Waals surface area contributed by atoms with E-state index in [0.29, 0.717) is 35.9 Å². The van der Waals surface area contributed by atoms with Gasteiger partial charge in [0.05, 0.1) is 11.0 Å². The minimum atomic E-state index is -0.412. The predicted molar refractivity (Wildman–Crippen MR) is 87.8 cm³/mol. The number of anilines is 1. The molecule has 2 aromatic rings. The van der Waals surface area contributed by atoms with Gasteiger partial charge in [0.25, 0.3) is 11.6 Å². The average Bonchev–Trinajstić information content (AvgIpc) is 3.25. The zero-order valence-electron chi connectivity index (χ0n) is 13.5. The average molecular weight is 332 g/mol. The molecule has 8 heteroatoms. The van der Waals surface area contributed by atoms with Gasteiger partial charge in [-0.1, -0.05) is 12.1 Å². The molecule has 8 nitrogen and oxygen atoms in total. The standard InChI is InChI=1S/C16H20N4O4/c1-2-4-15-18-16(24-19-15)11-6-7-13(14(9-11)20(21)22)17-10-12-5-3-8-23-12/h6-7,9,12,17H,2-5,8,10H2,1H3/t12-/m0/s1. The Morgan fingerprint density at radius 1 is 1.46 bits per heavy atom. The molecule has 0 saturated carbocycles. The second-order valence-electron chi connectivity index (χ2n) is 5.77. The molecule has 1 N–H and O–H groups in total. The molecule has 1 aromatic heterocycles. The lowest BCUT2D eigenvalue weighted by molar-refractivity contribution is -0.383. The summed E-state index contributed by atoms with van der Waals surface area (Å²) in [7, 11) is 0. The van der Waals surface area contributed by atoms with Gasteiger partial charge in [0, 0.05) is 31.2 Å². The molecule has 128 valence electrons. The molecule has 0 amide bonds. The first kappa shape index (κ1) is 16.4. The first-order chi connectivity index (χ1) is 11.7. The van der Waals surface area contributed by atoms with E-state index in [1.165, 1.54) is 6.07 Å². The fraction of sp³-hybridized carbons (Fsp3) is 0.500. The fourth-order valence-electron chi connectivity index (χ4n) is 2.69. The molecule has 1 atom stereocenters. The molecule has 0 bridgehead atoms. The summed E-state index contributed by atoms with van der Waals surface area (Å²) in [5, 5.41) is 18.4. The maximum atomic E-state index is 11.4. The molecule has 0 radical (unpaired) electrons. The summed E-state index contributed by atoms with van der Waals surface area (Å²) >= 11 is 0. The van der Waals surface area contributed by atoms with Crippen molar-refractivity contribution in [2.45, 2.75) is 38.7 Å². The summed E-state index contributed by atoms with van der Waals surface area (Å²) in [5.41, 5.74) is 0.993. The van der Waals surface area contributed by atoms with Gasteiger partial charge in [-0.3, -0.25) is 10.1 Å². The van der Waals surface area contributed by atoms with Crippen molar-refractivity contribution < 1.29 is 14.2 Å². The van der Waals surface area contributed by atoms with Crippen LogP contribution in [0.25, 0.3) is 11.5 Å². The normalized spacial score (nSPS) is 17.1. The smallest absolute Gasteiger partial charge is 0.293 e. The van der Waals surface area contributed by atoms with Gasteiger partial charge < -0.3 is 14.6 Å². The third kappa shape index (κ3) is 3.70. The number of nitro groups is 1. The number of benzene rings is 1. The number of nitrogens with one attached hydrogen (secondary N) is 1. The summed E-state index contributed by atoms with van der Waals surface area (Å²) < 4.78 is 10.7. The Morgan fingerprint density at radius 2 is 2.33 bits per heavy atom. The van der Waals surface area contributed by atoms with Crippen LogP contribution in [-0.4, -0.2) is 34.3 Å². The predicted octanol–water partition coefficient (Wildman–Crippen LogP) is 3.19. The Kier molecular flexibility index (Phi) is 5.05. The monoisotopic (exact) mass is 332 g/mol. The lowest BCUT2D eigenvalue weighted by atomic mass is 10.1. The molecule has 0 unspecified atom stereocenters. The Balaban J connectivity index is 1.79. The number of aryl methyl sites for hydroxylation is 1. The van der Waals surface area contributed by atoms with Crippen molar-refractivity contribution in [3.05, 3.63) is 34.1 Å². The third-order valence-corrected chi connectivity index (χ3v) is 3.93. The van der Waals surface area contributed by atoms with Crippen molar-refractivity contribution in [2.24, 2.45) is 0 Å². The number of rotatable bonds is 7. The largest absolute Gasteiger partial charge is 0.377 e. The Bertz CT molecular complexity index is 710. The first-order valence-corrected chi connectivity index (χ1v) is 8.14. The molecular weight excluding hydrogens is 312 g/mol. The van der Waals surface area contributed by atoms with Crippen molar-refractivity contribution in [2.75, 3.05) is 18.5 Å². The van der Waals surface area contributed by atoms with Crippen molar-refractivity contribution in [1.29, 1.82) is 0 Å². The maximum absolute atomic E-state index is 11.4. The van der Waals surface area contributed by atoms with E-state index in [1.807, 2.05) is 6.92 Å². The van der Waals surface area contributed by atoms with Gasteiger partial charge in [0.15, 0.2) is 5.82 Å². The highest BCUT2D eigenvalue weighted by Crippen LogP contribution is 2.30. The third-order valence-electron chi connectivity index (χ3n) is 3.93. The lowest BCUT2D eigenvalue weighted by Crippen LogP contribution is -2.18. The molecule has 1 aliphatic heterocycles. The molecule has 0 aliphatic carbocycles. The van der Waals surface area contributed by atoms with E-state index in [1.54, 1.807) is 12.1 Å². The van der Waals surface area contributed by atoms with Crippen molar-refractivity contribution >= 4 is 11.4 Å². The van der Waals surface area contributed by atoms with E-state index in [-0.39, 0.29) is 11.8 Å². The summed E-state index contributed by atoms with van der Waals surface area (Å²) in [5.74, 6) is 0.906. The minimum Gasteiger partial charge on any atom is -0.377 e. The van der Waals surface area contributed by atoms with Gasteiger partial charge in [-0.2, -0.15) is 4.98 Å². The Hall–Kier alpha value is -2.48. The molecule has 1 saturated heterocycles. The number of ether oxygens (including phenoxy) is 1. The molecular formula is C16H20N4O4. The van der Waals surface area contributed by atoms with Crippen LogP contribution in [0.2, 0.25) is 0 Å². The van der Waals surface area contributed by atoms with Crippen LogP contribution in [0.15, 0.2) is 22.7 Å². The van der Waals surface area contributed by atoms with Crippen LogP contribution < -0.4 is 5.32 Å². The fourth-order valence-corrected chi connectivity index (χ4v) is 2.69. The van der Waals surface area contributed by atoms with Gasteiger partial charge in [-0.05, 0) is 31.4 Å². The lowest BCUT2D eigenvalue weighted by Gasteiger charge is -2.12. The summed E-state index contributed by atoms with van der Waals surface area (Å²) in [6.45, 7) is 3.33. The highest BCUT2D eigenvalue weighted by Gasteiger charge is 2.20. The van der Waals surface area contributed by atoms with Gasteiger partial charge in [0.1, 0.15) is 5.69 Å². The number of nitrogens with zero attached hydrogens (tertiary/aromatic N) is 3. The molecule has 3 rings (SSSR count). The first-order valence-electron chi connectivity index (χ1n) is 8.14. The summed E-state index contributed by atoms with van der Waals surface area (Å²) in [6.07, 6.45) is 3.74. The Morgan fingerprint density at radius 3 is 3.04 bits per heavy atom. The van der Waals surface area contributed by atoms with Crippen LogP contribution in [0.1, 0.15) is 32.0 Å². The Labute approximate surface area is 139 Å². The highest BCUT2D eigenvalue weighted by atomic mass is 16.6. The van der Waals surface area contributed by atoms with Crippen LogP contribution >= 0.6 is 0 Å². The number of hydrogen-bond donors (Lipinski definition) is 1. The maximum Gasteiger partial charge on any atom is 0.293 e. The van der Waals surface area contributed by atoms with Gasteiger partial charge in [-0.15, -0.1) is 0 Å². The van der Waals surface area contributed by atoms with Crippen LogP contribution in [0.4, 0.5) is 11.4 Å². The van der Waals surface area contributed by atoms with Crippen LogP contribution in [0.5, 0.6) is 0 Å². The second kappa shape index (κ2) is 7.39. The van der Waals surface area contributed by atoms with Gasteiger partial charge in [0.2, 0.25) is 0 Å². The van der Waals surface area contributed by atoms with Crippen LogP contribution in [0, 0.1) is 10.1 Å². The highest BCUT2D eigenvalue weighted by molar-refractivity contribution is 5.69. The van der Waals surface area contributed by atoms with Crippen molar-refractivity contribution in [1.82, 2.24) is 10.1 Å².